The lowest BCUT2D eigenvalue weighted by atomic mass is 9.99. The van der Waals surface area contributed by atoms with Gasteiger partial charge in [0, 0.05) is 17.3 Å². The van der Waals surface area contributed by atoms with E-state index in [1.165, 1.54) is 6.07 Å². The number of nitrogens with zero attached hydrogens (tertiary/aromatic N) is 3. The first-order valence-corrected chi connectivity index (χ1v) is 9.23. The van der Waals surface area contributed by atoms with E-state index in [1.54, 1.807) is 49.6 Å². The first-order chi connectivity index (χ1) is 15.0. The lowest BCUT2D eigenvalue weighted by molar-refractivity contribution is -0.384. The molecule has 31 heavy (non-hydrogen) atoms. The lowest BCUT2D eigenvalue weighted by Gasteiger charge is -2.12. The van der Waals surface area contributed by atoms with Crippen LogP contribution in [0.2, 0.25) is 0 Å². The highest BCUT2D eigenvalue weighted by Gasteiger charge is 2.22. The summed E-state index contributed by atoms with van der Waals surface area (Å²) in [6.45, 7) is 0. The number of nitrogens with two attached hydrogens (primary N) is 1. The Hall–Kier alpha value is -4.64. The molecule has 3 aromatic carbocycles. The highest BCUT2D eigenvalue weighted by atomic mass is 16.6. The third-order valence-corrected chi connectivity index (χ3v) is 4.71. The number of nitro benzene ring substituents is 1. The number of rotatable bonds is 5. The van der Waals surface area contributed by atoms with Crippen LogP contribution in [0, 0.1) is 22.5 Å². The van der Waals surface area contributed by atoms with Crippen molar-refractivity contribution in [2.24, 2.45) is 0 Å². The van der Waals surface area contributed by atoms with Crippen molar-refractivity contribution in [1.82, 2.24) is 9.97 Å². The highest BCUT2D eigenvalue weighted by molar-refractivity contribution is 5.98. The molecular formula is C23H17N5O3. The van der Waals surface area contributed by atoms with E-state index in [0.29, 0.717) is 39.3 Å². The van der Waals surface area contributed by atoms with Crippen LogP contribution in [0.3, 0.4) is 0 Å². The molecule has 0 atom stereocenters. The predicted octanol–water partition coefficient (Wildman–Crippen LogP) is 4.52. The summed E-state index contributed by atoms with van der Waals surface area (Å²) in [6.07, 6.45) is 5.49. The summed E-state index contributed by atoms with van der Waals surface area (Å²) in [4.78, 5) is 20.2. The minimum Gasteiger partial charge on any atom is -0.497 e. The second-order valence-corrected chi connectivity index (χ2v) is 6.62. The van der Waals surface area contributed by atoms with Crippen molar-refractivity contribution in [3.63, 3.8) is 0 Å². The Balaban J connectivity index is 1.86. The number of aromatic nitrogens is 2. The van der Waals surface area contributed by atoms with Gasteiger partial charge in [-0.1, -0.05) is 18.1 Å². The third kappa shape index (κ3) is 3.80. The molecule has 8 nitrogen and oxygen atoms in total. The number of ether oxygens (including phenoxy) is 1. The fourth-order valence-electron chi connectivity index (χ4n) is 3.23. The van der Waals surface area contributed by atoms with Crippen molar-refractivity contribution in [2.75, 3.05) is 18.2 Å². The van der Waals surface area contributed by atoms with E-state index in [2.05, 4.69) is 21.2 Å². The minimum absolute atomic E-state index is 0.105. The fraction of sp³-hybridized carbons (Fsp3) is 0.0435. The van der Waals surface area contributed by atoms with Crippen LogP contribution in [0.15, 0.2) is 60.7 Å². The Bertz CT molecular complexity index is 1340. The van der Waals surface area contributed by atoms with E-state index in [4.69, 9.17) is 16.9 Å². The maximum Gasteiger partial charge on any atom is 0.279 e. The maximum atomic E-state index is 11.7. The first-order valence-electron chi connectivity index (χ1n) is 9.23. The van der Waals surface area contributed by atoms with Crippen molar-refractivity contribution in [1.29, 1.82) is 0 Å². The zero-order valence-corrected chi connectivity index (χ0v) is 16.5. The van der Waals surface area contributed by atoms with E-state index < -0.39 is 4.92 Å². The van der Waals surface area contributed by atoms with E-state index in [1.807, 2.05) is 12.1 Å². The quantitative estimate of drug-likeness (QED) is 0.282. The van der Waals surface area contributed by atoms with Gasteiger partial charge in [-0.15, -0.1) is 6.42 Å². The van der Waals surface area contributed by atoms with Gasteiger partial charge in [-0.05, 0) is 48.0 Å². The van der Waals surface area contributed by atoms with Crippen LogP contribution < -0.4 is 15.8 Å². The summed E-state index contributed by atoms with van der Waals surface area (Å²) < 4.78 is 5.16. The Morgan fingerprint density at radius 2 is 1.90 bits per heavy atom. The van der Waals surface area contributed by atoms with Crippen molar-refractivity contribution in [2.45, 2.75) is 0 Å². The van der Waals surface area contributed by atoms with Crippen molar-refractivity contribution in [3.8, 4) is 29.2 Å². The first kappa shape index (κ1) is 19.7. The number of nitrogen functional groups attached to an aromatic ring is 1. The summed E-state index contributed by atoms with van der Waals surface area (Å²) >= 11 is 0. The van der Waals surface area contributed by atoms with Gasteiger partial charge in [-0.2, -0.15) is 0 Å². The predicted molar refractivity (Wildman–Crippen MR) is 120 cm³/mol. The molecule has 0 amide bonds. The summed E-state index contributed by atoms with van der Waals surface area (Å²) in [5.74, 6) is 3.71. The summed E-state index contributed by atoms with van der Waals surface area (Å²) in [7, 11) is 1.59. The topological polar surface area (TPSA) is 116 Å². The SMILES string of the molecule is C#Cc1cccc(-c2c([N+](=O)[O-])ccc3nc(Nc4ccc(OC)cc4)c(N)nc23)c1. The number of benzene rings is 3. The van der Waals surface area contributed by atoms with Crippen LogP contribution in [-0.4, -0.2) is 22.0 Å². The normalized spacial score (nSPS) is 10.5. The molecule has 0 aliphatic rings. The molecule has 0 unspecified atom stereocenters. The smallest absolute Gasteiger partial charge is 0.279 e. The van der Waals surface area contributed by atoms with Gasteiger partial charge in [-0.25, -0.2) is 9.97 Å². The molecule has 4 rings (SSSR count). The Morgan fingerprint density at radius 1 is 1.13 bits per heavy atom. The third-order valence-electron chi connectivity index (χ3n) is 4.71. The monoisotopic (exact) mass is 411 g/mol. The van der Waals surface area contributed by atoms with Crippen molar-refractivity contribution in [3.05, 3.63) is 76.3 Å². The number of methoxy groups -OCH3 is 1. The number of nitrogens with one attached hydrogen (secondary N) is 1. The molecule has 8 heteroatoms. The van der Waals surface area contributed by atoms with E-state index >= 15 is 0 Å². The van der Waals surface area contributed by atoms with Gasteiger partial charge in [0.25, 0.3) is 5.69 Å². The van der Waals surface area contributed by atoms with E-state index in [0.717, 1.165) is 5.69 Å². The second-order valence-electron chi connectivity index (χ2n) is 6.62. The number of terminal acetylenes is 1. The number of nitro groups is 1. The second kappa shape index (κ2) is 8.00. The lowest BCUT2D eigenvalue weighted by Crippen LogP contribution is -2.04. The molecule has 0 fully saturated rings. The Labute approximate surface area is 177 Å². The average Bonchev–Trinajstić information content (AvgIpc) is 2.79. The van der Waals surface area contributed by atoms with Crippen molar-refractivity contribution >= 4 is 34.0 Å². The molecule has 152 valence electrons. The summed E-state index contributed by atoms with van der Waals surface area (Å²) in [6, 6.07) is 17.1. The van der Waals surface area contributed by atoms with E-state index in [-0.39, 0.29) is 11.5 Å². The largest absolute Gasteiger partial charge is 0.497 e. The van der Waals surface area contributed by atoms with Crippen LogP contribution in [0.1, 0.15) is 5.56 Å². The van der Waals surface area contributed by atoms with Crippen LogP contribution in [0.4, 0.5) is 23.0 Å². The molecule has 0 spiro atoms. The zero-order valence-electron chi connectivity index (χ0n) is 16.5. The van der Waals surface area contributed by atoms with Gasteiger partial charge in [-0.3, -0.25) is 10.1 Å². The molecule has 1 heterocycles. The molecule has 0 bridgehead atoms. The van der Waals surface area contributed by atoms with Gasteiger partial charge < -0.3 is 15.8 Å². The number of anilines is 3. The molecular weight excluding hydrogens is 394 g/mol. The van der Waals surface area contributed by atoms with Crippen LogP contribution >= 0.6 is 0 Å². The molecule has 0 aliphatic carbocycles. The molecule has 4 aromatic rings. The number of fused-ring (bicyclic) bond motifs is 1. The minimum atomic E-state index is -0.460. The summed E-state index contributed by atoms with van der Waals surface area (Å²) in [5.41, 5.74) is 9.05. The molecule has 3 N–H and O–H groups in total. The molecule has 0 saturated heterocycles. The van der Waals surface area contributed by atoms with Gasteiger partial charge in [0.1, 0.15) is 11.3 Å². The average molecular weight is 411 g/mol. The molecule has 0 aliphatic heterocycles. The molecule has 0 saturated carbocycles. The number of hydrogen-bond acceptors (Lipinski definition) is 7. The van der Waals surface area contributed by atoms with Crippen molar-refractivity contribution < 1.29 is 9.66 Å². The maximum absolute atomic E-state index is 11.7. The number of hydrogen-bond donors (Lipinski definition) is 2. The molecule has 0 radical (unpaired) electrons. The Kier molecular flexibility index (Phi) is 5.08. The fourth-order valence-corrected chi connectivity index (χ4v) is 3.23. The van der Waals surface area contributed by atoms with Gasteiger partial charge >= 0.3 is 0 Å². The van der Waals surface area contributed by atoms with Gasteiger partial charge in [0.15, 0.2) is 11.6 Å². The Morgan fingerprint density at radius 3 is 2.58 bits per heavy atom. The van der Waals surface area contributed by atoms with Crippen LogP contribution in [-0.2, 0) is 0 Å². The van der Waals surface area contributed by atoms with Gasteiger partial charge in [0.05, 0.1) is 23.1 Å². The highest BCUT2D eigenvalue weighted by Crippen LogP contribution is 2.37. The van der Waals surface area contributed by atoms with Crippen LogP contribution in [0.25, 0.3) is 22.2 Å². The summed E-state index contributed by atoms with van der Waals surface area (Å²) in [5, 5.41) is 14.8. The standard InChI is InChI=1S/C23H17N5O3/c1-3-14-5-4-6-15(13-14)20-19(28(29)30)12-11-18-21(20)27-22(24)23(26-18)25-16-7-9-17(31-2)10-8-16/h1,4-13H,2H3,(H2,24,27)(H,25,26). The van der Waals surface area contributed by atoms with Gasteiger partial charge in [0.2, 0.25) is 0 Å². The van der Waals surface area contributed by atoms with Crippen LogP contribution in [0.5, 0.6) is 5.75 Å². The molecule has 1 aromatic heterocycles. The zero-order chi connectivity index (χ0) is 22.0. The van der Waals surface area contributed by atoms with E-state index in [9.17, 15) is 10.1 Å².